The number of fused-ring (bicyclic) bond motifs is 1. The molecule has 0 fully saturated rings. The molecule has 1 heterocycles. The Kier molecular flexibility index (Phi) is 8.01. The lowest BCUT2D eigenvalue weighted by molar-refractivity contribution is -0.144. The van der Waals surface area contributed by atoms with Crippen LogP contribution in [0.4, 0.5) is 5.69 Å². The van der Waals surface area contributed by atoms with Gasteiger partial charge in [0.05, 0.1) is 34.0 Å². The van der Waals surface area contributed by atoms with Crippen LogP contribution in [0.3, 0.4) is 0 Å². The first-order valence-corrected chi connectivity index (χ1v) is 13.0. The number of aromatic nitrogens is 1. The minimum atomic E-state index is -4.23. The Morgan fingerprint density at radius 3 is 2.44 bits per heavy atom. The molecule has 0 atom stereocenters. The van der Waals surface area contributed by atoms with E-state index in [1.165, 1.54) is 34.9 Å². The van der Waals surface area contributed by atoms with Gasteiger partial charge in [0.25, 0.3) is 10.0 Å². The number of thiazole rings is 1. The zero-order valence-corrected chi connectivity index (χ0v) is 21.1. The molecule has 0 aliphatic rings. The first kappa shape index (κ1) is 25.7. The summed E-state index contributed by atoms with van der Waals surface area (Å²) in [5.41, 5.74) is 0.938. The molecule has 1 aromatic heterocycles. The number of hydrogen-bond acceptors (Lipinski definition) is 8. The summed E-state index contributed by atoms with van der Waals surface area (Å²) in [6.45, 7) is 4.28. The van der Waals surface area contributed by atoms with Gasteiger partial charge < -0.3 is 9.47 Å². The Balaban J connectivity index is 2.12. The smallest absolute Gasteiger partial charge is 0.326 e. The summed E-state index contributed by atoms with van der Waals surface area (Å²) >= 11 is 6.99. The van der Waals surface area contributed by atoms with E-state index in [0.29, 0.717) is 15.8 Å². The second-order valence-electron chi connectivity index (χ2n) is 7.09. The number of rotatable bonds is 9. The van der Waals surface area contributed by atoms with Crippen LogP contribution in [-0.2, 0) is 35.6 Å². The number of ether oxygens (including phenoxy) is 2. The van der Waals surface area contributed by atoms with E-state index < -0.39 is 33.4 Å². The van der Waals surface area contributed by atoms with Gasteiger partial charge in [0.15, 0.2) is 0 Å². The Labute approximate surface area is 205 Å². The first-order chi connectivity index (χ1) is 16.1. The zero-order chi connectivity index (χ0) is 25.0. The van der Waals surface area contributed by atoms with Gasteiger partial charge in [-0.1, -0.05) is 29.0 Å². The monoisotopic (exact) mass is 526 g/mol. The highest BCUT2D eigenvalue weighted by atomic mass is 35.5. The van der Waals surface area contributed by atoms with Crippen molar-refractivity contribution in [3.8, 4) is 0 Å². The summed E-state index contributed by atoms with van der Waals surface area (Å²) in [5.74, 6) is -1.30. The minimum Gasteiger partial charge on any atom is -0.465 e. The van der Waals surface area contributed by atoms with E-state index in [0.717, 1.165) is 15.6 Å². The molecule has 0 saturated heterocycles. The van der Waals surface area contributed by atoms with Gasteiger partial charge in [0.1, 0.15) is 13.1 Å². The molecule has 34 heavy (non-hydrogen) atoms. The van der Waals surface area contributed by atoms with Crippen molar-refractivity contribution < 1.29 is 27.5 Å². The standard InChI is InChI=1S/C22H23ClN2O7S2/c1-4-31-20(26)12-24-17-10-9-15(11-18(17)33-22(24)28)25(13-21(27)32-5-2)34(29,30)19-8-6-7-16(23)14(19)3/h6-11H,4-5,12-13H2,1-3H3. The quantitative estimate of drug-likeness (QED) is 0.393. The first-order valence-electron chi connectivity index (χ1n) is 10.3. The molecule has 3 rings (SSSR count). The molecule has 3 aromatic rings. The number of esters is 2. The molecule has 0 unspecified atom stereocenters. The van der Waals surface area contributed by atoms with Crippen LogP contribution in [0.15, 0.2) is 46.1 Å². The third-order valence-electron chi connectivity index (χ3n) is 4.90. The average Bonchev–Trinajstić information content (AvgIpc) is 3.08. The molecule has 0 aliphatic carbocycles. The van der Waals surface area contributed by atoms with E-state index in [1.807, 2.05) is 0 Å². The van der Waals surface area contributed by atoms with Crippen LogP contribution in [0.1, 0.15) is 19.4 Å². The number of carbonyl (C=O) groups is 2. The lowest BCUT2D eigenvalue weighted by Crippen LogP contribution is -2.37. The summed E-state index contributed by atoms with van der Waals surface area (Å²) in [5, 5.41) is 0.266. The van der Waals surface area contributed by atoms with Crippen molar-refractivity contribution in [2.75, 3.05) is 24.1 Å². The fourth-order valence-corrected chi connectivity index (χ4v) is 6.13. The maximum absolute atomic E-state index is 13.6. The summed E-state index contributed by atoms with van der Waals surface area (Å²) in [7, 11) is -4.23. The maximum Gasteiger partial charge on any atom is 0.326 e. The van der Waals surface area contributed by atoms with E-state index in [9.17, 15) is 22.8 Å². The topological polar surface area (TPSA) is 112 Å². The Bertz CT molecular complexity index is 1400. The van der Waals surface area contributed by atoms with E-state index in [2.05, 4.69) is 0 Å². The zero-order valence-electron chi connectivity index (χ0n) is 18.7. The predicted octanol–water partition coefficient (Wildman–Crippen LogP) is 3.35. The molecule has 0 bridgehead atoms. The second kappa shape index (κ2) is 10.6. The summed E-state index contributed by atoms with van der Waals surface area (Å²) in [4.78, 5) is 36.2. The number of halogens is 1. The van der Waals surface area contributed by atoms with Gasteiger partial charge in [-0.15, -0.1) is 0 Å². The second-order valence-corrected chi connectivity index (χ2v) is 10.3. The van der Waals surface area contributed by atoms with Crippen LogP contribution in [0.2, 0.25) is 5.02 Å². The minimum absolute atomic E-state index is 0.0579. The molecule has 0 spiro atoms. The third-order valence-corrected chi connectivity index (χ3v) is 8.17. The number of hydrogen-bond donors (Lipinski definition) is 0. The molecule has 0 radical (unpaired) electrons. The van der Waals surface area contributed by atoms with E-state index in [-0.39, 0.29) is 35.4 Å². The number of benzene rings is 2. The van der Waals surface area contributed by atoms with Crippen molar-refractivity contribution in [2.45, 2.75) is 32.2 Å². The van der Waals surface area contributed by atoms with Gasteiger partial charge in [-0.25, -0.2) is 8.42 Å². The number of sulfonamides is 1. The number of nitrogens with zero attached hydrogens (tertiary/aromatic N) is 2. The molecular weight excluding hydrogens is 504 g/mol. The highest BCUT2D eigenvalue weighted by molar-refractivity contribution is 7.93. The molecule has 9 nitrogen and oxygen atoms in total. The summed E-state index contributed by atoms with van der Waals surface area (Å²) in [6, 6.07) is 8.96. The molecule has 0 amide bonds. The maximum atomic E-state index is 13.6. The van der Waals surface area contributed by atoms with Gasteiger partial charge in [0.2, 0.25) is 0 Å². The summed E-state index contributed by atoms with van der Waals surface area (Å²) < 4.78 is 39.7. The Morgan fingerprint density at radius 1 is 1.09 bits per heavy atom. The van der Waals surface area contributed by atoms with Crippen LogP contribution in [0, 0.1) is 6.92 Å². The van der Waals surface area contributed by atoms with Crippen molar-refractivity contribution in [3.63, 3.8) is 0 Å². The average molecular weight is 527 g/mol. The van der Waals surface area contributed by atoms with Crippen molar-refractivity contribution in [2.24, 2.45) is 0 Å². The van der Waals surface area contributed by atoms with Gasteiger partial charge >= 0.3 is 16.8 Å². The lowest BCUT2D eigenvalue weighted by Gasteiger charge is -2.24. The number of anilines is 1. The molecule has 0 saturated carbocycles. The van der Waals surface area contributed by atoms with Gasteiger partial charge in [-0.2, -0.15) is 0 Å². The normalized spacial score (nSPS) is 11.4. The molecule has 0 aliphatic heterocycles. The molecule has 2 aromatic carbocycles. The molecular formula is C22H23ClN2O7S2. The molecule has 12 heteroatoms. The van der Waals surface area contributed by atoms with Crippen molar-refractivity contribution in [1.82, 2.24) is 4.57 Å². The fraction of sp³-hybridized carbons (Fsp3) is 0.318. The summed E-state index contributed by atoms with van der Waals surface area (Å²) in [6.07, 6.45) is 0. The van der Waals surface area contributed by atoms with Crippen LogP contribution in [-0.4, -0.2) is 44.7 Å². The molecule has 0 N–H and O–H groups in total. The number of carbonyl (C=O) groups excluding carboxylic acids is 2. The van der Waals surface area contributed by atoms with Crippen LogP contribution in [0.5, 0.6) is 0 Å². The van der Waals surface area contributed by atoms with Crippen molar-refractivity contribution in [3.05, 3.63) is 56.7 Å². The van der Waals surface area contributed by atoms with E-state index >= 15 is 0 Å². The Hall–Kier alpha value is -2.89. The van der Waals surface area contributed by atoms with Crippen molar-refractivity contribution >= 4 is 60.8 Å². The van der Waals surface area contributed by atoms with E-state index in [4.69, 9.17) is 21.1 Å². The van der Waals surface area contributed by atoms with Gasteiger partial charge in [0, 0.05) is 5.02 Å². The van der Waals surface area contributed by atoms with Crippen molar-refractivity contribution in [1.29, 1.82) is 0 Å². The van der Waals surface area contributed by atoms with E-state index in [1.54, 1.807) is 26.8 Å². The van der Waals surface area contributed by atoms with Crippen LogP contribution < -0.4 is 9.18 Å². The lowest BCUT2D eigenvalue weighted by atomic mass is 10.2. The highest BCUT2D eigenvalue weighted by Gasteiger charge is 2.30. The van der Waals surface area contributed by atoms with Crippen LogP contribution >= 0.6 is 22.9 Å². The predicted molar refractivity (Wildman–Crippen MR) is 130 cm³/mol. The fourth-order valence-electron chi connectivity index (χ4n) is 3.32. The Morgan fingerprint density at radius 2 is 1.76 bits per heavy atom. The highest BCUT2D eigenvalue weighted by Crippen LogP contribution is 2.31. The third kappa shape index (κ3) is 5.26. The molecule has 182 valence electrons. The van der Waals surface area contributed by atoms with Gasteiger partial charge in [-0.3, -0.25) is 23.3 Å². The largest absolute Gasteiger partial charge is 0.465 e. The van der Waals surface area contributed by atoms with Crippen LogP contribution in [0.25, 0.3) is 10.2 Å². The SMILES string of the molecule is CCOC(=O)CN(c1ccc2c(c1)sc(=O)n2CC(=O)OCC)S(=O)(=O)c1cccc(Cl)c1C. The van der Waals surface area contributed by atoms with Gasteiger partial charge in [-0.05, 0) is 56.7 Å².